The van der Waals surface area contributed by atoms with Crippen molar-refractivity contribution >= 4 is 34.7 Å². The van der Waals surface area contributed by atoms with Gasteiger partial charge in [-0.1, -0.05) is 0 Å². The zero-order valence-corrected chi connectivity index (χ0v) is 12.2. The topological polar surface area (TPSA) is 59.2 Å². The van der Waals surface area contributed by atoms with Crippen LogP contribution in [0.3, 0.4) is 0 Å². The van der Waals surface area contributed by atoms with Gasteiger partial charge in [0.15, 0.2) is 0 Å². The van der Waals surface area contributed by atoms with Crippen LogP contribution in [0, 0.1) is 0 Å². The Morgan fingerprint density at radius 2 is 2.37 bits per heavy atom. The third-order valence-electron chi connectivity index (χ3n) is 2.59. The van der Waals surface area contributed by atoms with E-state index in [1.54, 1.807) is 28.6 Å². The fraction of sp³-hybridized carbons (Fsp3) is 0.231. The molecule has 0 aromatic carbocycles. The van der Waals surface area contributed by atoms with Crippen molar-refractivity contribution in [3.63, 3.8) is 0 Å². The molecule has 2 aromatic rings. The van der Waals surface area contributed by atoms with Crippen molar-refractivity contribution in [3.8, 4) is 0 Å². The number of carbonyl (C=O) groups is 1. The monoisotopic (exact) mass is 293 g/mol. The van der Waals surface area contributed by atoms with Gasteiger partial charge in [0.25, 0.3) is 0 Å². The highest BCUT2D eigenvalue weighted by Crippen LogP contribution is 2.23. The Labute approximate surface area is 120 Å². The van der Waals surface area contributed by atoms with E-state index in [1.165, 1.54) is 11.8 Å². The molecule has 0 unspecified atom stereocenters. The number of nitrogens with zero attached hydrogens (tertiary/aromatic N) is 2. The predicted octanol–water partition coefficient (Wildman–Crippen LogP) is 2.48. The van der Waals surface area contributed by atoms with Crippen LogP contribution < -0.4 is 5.73 Å². The molecule has 0 spiro atoms. The highest BCUT2D eigenvalue weighted by Gasteiger charge is 2.11. The summed E-state index contributed by atoms with van der Waals surface area (Å²) in [6.07, 6.45) is 3.28. The van der Waals surface area contributed by atoms with Gasteiger partial charge in [-0.05, 0) is 28.5 Å². The second kappa shape index (κ2) is 6.58. The van der Waals surface area contributed by atoms with Crippen LogP contribution in [0.25, 0.3) is 0 Å². The molecule has 0 saturated heterocycles. The largest absolute Gasteiger partial charge is 0.397 e. The molecule has 2 aromatic heterocycles. The van der Waals surface area contributed by atoms with E-state index in [0.717, 1.165) is 10.5 Å². The number of hydrogen-bond donors (Lipinski definition) is 1. The highest BCUT2D eigenvalue weighted by molar-refractivity contribution is 8.00. The number of hydrogen-bond acceptors (Lipinski definition) is 5. The third kappa shape index (κ3) is 3.97. The molecular weight excluding hydrogens is 278 g/mol. The molecule has 2 rings (SSSR count). The number of aromatic nitrogens is 1. The summed E-state index contributed by atoms with van der Waals surface area (Å²) in [5.74, 6) is 0.474. The molecule has 4 nitrogen and oxygen atoms in total. The van der Waals surface area contributed by atoms with E-state index < -0.39 is 0 Å². The number of nitrogen functional groups attached to an aromatic ring is 1. The number of pyridine rings is 1. The van der Waals surface area contributed by atoms with Gasteiger partial charge >= 0.3 is 0 Å². The number of anilines is 1. The molecule has 0 aliphatic heterocycles. The van der Waals surface area contributed by atoms with E-state index in [9.17, 15) is 4.79 Å². The first-order valence-electron chi connectivity index (χ1n) is 5.74. The number of amides is 1. The van der Waals surface area contributed by atoms with Crippen LogP contribution >= 0.6 is 23.1 Å². The van der Waals surface area contributed by atoms with Crippen molar-refractivity contribution in [3.05, 3.63) is 40.8 Å². The van der Waals surface area contributed by atoms with E-state index in [0.29, 0.717) is 18.0 Å². The minimum absolute atomic E-state index is 0.0902. The van der Waals surface area contributed by atoms with E-state index in [2.05, 4.69) is 10.4 Å². The molecule has 0 atom stereocenters. The lowest BCUT2D eigenvalue weighted by molar-refractivity contribution is -0.127. The lowest BCUT2D eigenvalue weighted by Gasteiger charge is -2.16. The zero-order chi connectivity index (χ0) is 13.7. The first-order valence-corrected chi connectivity index (χ1v) is 7.67. The van der Waals surface area contributed by atoms with Crippen LogP contribution in [0.2, 0.25) is 0 Å². The second-order valence-corrected chi connectivity index (χ2v) is 5.88. The maximum absolute atomic E-state index is 12.0. The summed E-state index contributed by atoms with van der Waals surface area (Å²) in [4.78, 5) is 18.6. The number of rotatable bonds is 5. The molecule has 0 radical (unpaired) electrons. The Morgan fingerprint density at radius 3 is 3.05 bits per heavy atom. The van der Waals surface area contributed by atoms with Crippen molar-refractivity contribution in [2.75, 3.05) is 18.5 Å². The van der Waals surface area contributed by atoms with Gasteiger partial charge in [-0.3, -0.25) is 9.78 Å². The van der Waals surface area contributed by atoms with Gasteiger partial charge in [-0.2, -0.15) is 11.3 Å². The number of carbonyl (C=O) groups excluding carboxylic acids is 1. The van der Waals surface area contributed by atoms with Crippen molar-refractivity contribution in [1.82, 2.24) is 9.88 Å². The first kappa shape index (κ1) is 13.9. The highest BCUT2D eigenvalue weighted by atomic mass is 32.2. The van der Waals surface area contributed by atoms with Crippen molar-refractivity contribution in [2.45, 2.75) is 11.4 Å². The summed E-state index contributed by atoms with van der Waals surface area (Å²) in [5.41, 5.74) is 7.56. The van der Waals surface area contributed by atoms with E-state index in [4.69, 9.17) is 5.73 Å². The van der Waals surface area contributed by atoms with Gasteiger partial charge in [0, 0.05) is 24.7 Å². The van der Waals surface area contributed by atoms with Crippen LogP contribution in [-0.2, 0) is 11.3 Å². The molecule has 0 fully saturated rings. The molecule has 0 aliphatic rings. The quantitative estimate of drug-likeness (QED) is 0.860. The summed E-state index contributed by atoms with van der Waals surface area (Å²) in [5, 5.41) is 4.07. The summed E-state index contributed by atoms with van der Waals surface area (Å²) in [6, 6.07) is 3.86. The SMILES string of the molecule is CN(Cc1ccsc1)C(=O)CSc1ccncc1N. The normalized spacial score (nSPS) is 10.4. The Balaban J connectivity index is 1.86. The maximum Gasteiger partial charge on any atom is 0.232 e. The van der Waals surface area contributed by atoms with E-state index in [-0.39, 0.29) is 5.91 Å². The van der Waals surface area contributed by atoms with Crippen LogP contribution in [0.5, 0.6) is 0 Å². The number of nitrogens with two attached hydrogens (primary N) is 1. The standard InChI is InChI=1S/C13H15N3OS2/c1-16(7-10-3-5-18-8-10)13(17)9-19-12-2-4-15-6-11(12)14/h2-6,8H,7,9,14H2,1H3. The first-order chi connectivity index (χ1) is 9.16. The summed E-state index contributed by atoms with van der Waals surface area (Å²) in [7, 11) is 1.82. The fourth-order valence-corrected chi connectivity index (χ4v) is 3.06. The van der Waals surface area contributed by atoms with Crippen molar-refractivity contribution in [1.29, 1.82) is 0 Å². The van der Waals surface area contributed by atoms with Crippen LogP contribution in [0.1, 0.15) is 5.56 Å². The summed E-state index contributed by atoms with van der Waals surface area (Å²) in [6.45, 7) is 0.648. The molecule has 19 heavy (non-hydrogen) atoms. The van der Waals surface area contributed by atoms with Crippen LogP contribution in [0.4, 0.5) is 5.69 Å². The van der Waals surface area contributed by atoms with Crippen LogP contribution in [-0.4, -0.2) is 28.6 Å². The summed E-state index contributed by atoms with van der Waals surface area (Å²) >= 11 is 3.08. The summed E-state index contributed by atoms with van der Waals surface area (Å²) < 4.78 is 0. The molecule has 0 aliphatic carbocycles. The van der Waals surface area contributed by atoms with Gasteiger partial charge < -0.3 is 10.6 Å². The van der Waals surface area contributed by atoms with Crippen LogP contribution in [0.15, 0.2) is 40.2 Å². The van der Waals surface area contributed by atoms with Gasteiger partial charge in [-0.25, -0.2) is 0 Å². The zero-order valence-electron chi connectivity index (χ0n) is 10.6. The third-order valence-corrected chi connectivity index (χ3v) is 4.39. The van der Waals surface area contributed by atoms with E-state index >= 15 is 0 Å². The molecule has 0 bridgehead atoms. The Bertz CT molecular complexity index is 543. The smallest absolute Gasteiger partial charge is 0.232 e. The van der Waals surface area contributed by atoms with Gasteiger partial charge in [-0.15, -0.1) is 11.8 Å². The van der Waals surface area contributed by atoms with Crippen molar-refractivity contribution < 1.29 is 4.79 Å². The number of thioether (sulfide) groups is 1. The van der Waals surface area contributed by atoms with Crippen molar-refractivity contribution in [2.24, 2.45) is 0 Å². The lowest BCUT2D eigenvalue weighted by atomic mass is 10.3. The average Bonchev–Trinajstić information content (AvgIpc) is 2.90. The average molecular weight is 293 g/mol. The van der Waals surface area contributed by atoms with Gasteiger partial charge in [0.05, 0.1) is 17.6 Å². The predicted molar refractivity (Wildman–Crippen MR) is 80.2 cm³/mol. The minimum Gasteiger partial charge on any atom is -0.397 e. The molecule has 100 valence electrons. The molecule has 1 amide bonds. The van der Waals surface area contributed by atoms with Gasteiger partial charge in [0.2, 0.25) is 5.91 Å². The Morgan fingerprint density at radius 1 is 1.53 bits per heavy atom. The number of thiophene rings is 1. The second-order valence-electron chi connectivity index (χ2n) is 4.08. The van der Waals surface area contributed by atoms with E-state index in [1.807, 2.05) is 24.6 Å². The lowest BCUT2D eigenvalue weighted by Crippen LogP contribution is -2.27. The molecule has 2 heterocycles. The van der Waals surface area contributed by atoms with Gasteiger partial charge in [0.1, 0.15) is 0 Å². The maximum atomic E-state index is 12.0. The Hall–Kier alpha value is -1.53. The molecule has 2 N–H and O–H groups in total. The molecular formula is C13H15N3OS2. The molecule has 6 heteroatoms. The minimum atomic E-state index is 0.0902. The Kier molecular flexibility index (Phi) is 4.81. The fourth-order valence-electron chi connectivity index (χ4n) is 1.52. The molecule has 0 saturated carbocycles.